The lowest BCUT2D eigenvalue weighted by molar-refractivity contribution is -0.137. The van der Waals surface area contributed by atoms with E-state index in [2.05, 4.69) is 0 Å². The standard InChI is InChI=1S/C14H10F4/c1-9-12(6-3-7-13(9)15)10-4-2-5-11(8-10)14(16,17)18/h2-8H,1H3. The van der Waals surface area contributed by atoms with Gasteiger partial charge in [0, 0.05) is 0 Å². The predicted octanol–water partition coefficient (Wildman–Crippen LogP) is 4.82. The first-order valence-electron chi connectivity index (χ1n) is 5.32. The summed E-state index contributed by atoms with van der Waals surface area (Å²) in [4.78, 5) is 0. The van der Waals surface area contributed by atoms with Crippen LogP contribution < -0.4 is 0 Å². The van der Waals surface area contributed by atoms with Crippen molar-refractivity contribution in [2.24, 2.45) is 0 Å². The van der Waals surface area contributed by atoms with Gasteiger partial charge in [-0.3, -0.25) is 0 Å². The summed E-state index contributed by atoms with van der Waals surface area (Å²) in [6, 6.07) is 9.26. The molecule has 94 valence electrons. The Kier molecular flexibility index (Phi) is 3.11. The van der Waals surface area contributed by atoms with Crippen LogP contribution in [-0.2, 0) is 6.18 Å². The number of rotatable bonds is 1. The van der Waals surface area contributed by atoms with E-state index in [-0.39, 0.29) is 0 Å². The minimum Gasteiger partial charge on any atom is -0.207 e. The molecule has 2 rings (SSSR count). The molecule has 0 unspecified atom stereocenters. The summed E-state index contributed by atoms with van der Waals surface area (Å²) in [5.41, 5.74) is 0.448. The average molecular weight is 254 g/mol. The van der Waals surface area contributed by atoms with Crippen LogP contribution in [0.15, 0.2) is 42.5 Å². The molecule has 0 aliphatic rings. The van der Waals surface area contributed by atoms with Gasteiger partial charge in [0.25, 0.3) is 0 Å². The Morgan fingerprint density at radius 1 is 0.944 bits per heavy atom. The monoisotopic (exact) mass is 254 g/mol. The maximum absolute atomic E-state index is 13.4. The molecule has 4 heteroatoms. The lowest BCUT2D eigenvalue weighted by atomic mass is 9.98. The van der Waals surface area contributed by atoms with Crippen LogP contribution in [0.4, 0.5) is 17.6 Å². The predicted molar refractivity (Wildman–Crippen MR) is 61.6 cm³/mol. The van der Waals surface area contributed by atoms with Crippen LogP contribution in [0, 0.1) is 12.7 Å². The van der Waals surface area contributed by atoms with E-state index in [0.717, 1.165) is 12.1 Å². The Labute approximate surface area is 102 Å². The molecule has 0 bridgehead atoms. The van der Waals surface area contributed by atoms with Crippen molar-refractivity contribution in [1.82, 2.24) is 0 Å². The third-order valence-corrected chi connectivity index (χ3v) is 2.77. The smallest absolute Gasteiger partial charge is 0.207 e. The lowest BCUT2D eigenvalue weighted by Gasteiger charge is -2.10. The van der Waals surface area contributed by atoms with E-state index >= 15 is 0 Å². The van der Waals surface area contributed by atoms with Crippen molar-refractivity contribution < 1.29 is 17.6 Å². The molecular weight excluding hydrogens is 244 g/mol. The van der Waals surface area contributed by atoms with Gasteiger partial charge in [0.2, 0.25) is 0 Å². The van der Waals surface area contributed by atoms with E-state index in [1.807, 2.05) is 0 Å². The van der Waals surface area contributed by atoms with Crippen molar-refractivity contribution in [2.45, 2.75) is 13.1 Å². The highest BCUT2D eigenvalue weighted by molar-refractivity contribution is 5.68. The van der Waals surface area contributed by atoms with Crippen molar-refractivity contribution in [1.29, 1.82) is 0 Å². The van der Waals surface area contributed by atoms with Gasteiger partial charge in [0.05, 0.1) is 5.56 Å². The van der Waals surface area contributed by atoms with Crippen LogP contribution in [0.5, 0.6) is 0 Å². The molecule has 0 N–H and O–H groups in total. The summed E-state index contributed by atoms with van der Waals surface area (Å²) in [6.45, 7) is 1.55. The number of hydrogen-bond acceptors (Lipinski definition) is 0. The van der Waals surface area contributed by atoms with Gasteiger partial charge in [-0.1, -0.05) is 24.3 Å². The molecule has 0 aromatic heterocycles. The van der Waals surface area contributed by atoms with Crippen LogP contribution in [0.2, 0.25) is 0 Å². The third kappa shape index (κ3) is 2.37. The fraction of sp³-hybridized carbons (Fsp3) is 0.143. The highest BCUT2D eigenvalue weighted by atomic mass is 19.4. The highest BCUT2D eigenvalue weighted by Crippen LogP contribution is 2.33. The van der Waals surface area contributed by atoms with E-state index in [0.29, 0.717) is 16.7 Å². The second-order valence-corrected chi connectivity index (χ2v) is 3.99. The first-order valence-corrected chi connectivity index (χ1v) is 5.32. The molecule has 0 heterocycles. The number of halogens is 4. The molecule has 2 aromatic rings. The molecule has 0 nitrogen and oxygen atoms in total. The minimum absolute atomic E-state index is 0.344. The molecule has 0 aliphatic carbocycles. The van der Waals surface area contributed by atoms with Crippen molar-refractivity contribution >= 4 is 0 Å². The molecule has 18 heavy (non-hydrogen) atoms. The van der Waals surface area contributed by atoms with Gasteiger partial charge < -0.3 is 0 Å². The summed E-state index contributed by atoms with van der Waals surface area (Å²) >= 11 is 0. The van der Waals surface area contributed by atoms with Crippen molar-refractivity contribution in [3.63, 3.8) is 0 Å². The number of benzene rings is 2. The van der Waals surface area contributed by atoms with Crippen LogP contribution in [-0.4, -0.2) is 0 Å². The maximum atomic E-state index is 13.4. The SMILES string of the molecule is Cc1c(F)cccc1-c1cccc(C(F)(F)F)c1. The summed E-state index contributed by atoms with van der Waals surface area (Å²) < 4.78 is 51.1. The quantitative estimate of drug-likeness (QED) is 0.640. The van der Waals surface area contributed by atoms with Crippen molar-refractivity contribution in [3.8, 4) is 11.1 Å². The Bertz CT molecular complexity index is 570. The lowest BCUT2D eigenvalue weighted by Crippen LogP contribution is -2.04. The molecule has 0 saturated heterocycles. The number of alkyl halides is 3. The normalized spacial score (nSPS) is 11.6. The molecule has 0 radical (unpaired) electrons. The van der Waals surface area contributed by atoms with Crippen molar-refractivity contribution in [2.75, 3.05) is 0 Å². The van der Waals surface area contributed by atoms with E-state index in [4.69, 9.17) is 0 Å². The Hall–Kier alpha value is -1.84. The van der Waals surface area contributed by atoms with Gasteiger partial charge in [-0.25, -0.2) is 4.39 Å². The first-order chi connectivity index (χ1) is 8.39. The van der Waals surface area contributed by atoms with Crippen molar-refractivity contribution in [3.05, 3.63) is 59.4 Å². The molecular formula is C14H10F4. The first kappa shape index (κ1) is 12.6. The zero-order valence-electron chi connectivity index (χ0n) is 9.55. The minimum atomic E-state index is -4.39. The van der Waals surface area contributed by atoms with Crippen LogP contribution in [0.1, 0.15) is 11.1 Å². The summed E-state index contributed by atoms with van der Waals surface area (Å²) in [5, 5.41) is 0. The van der Waals surface area contributed by atoms with Gasteiger partial charge in [0.15, 0.2) is 0 Å². The molecule has 0 fully saturated rings. The van der Waals surface area contributed by atoms with E-state index in [9.17, 15) is 17.6 Å². The average Bonchev–Trinajstić information content (AvgIpc) is 2.32. The Morgan fingerprint density at radius 2 is 1.61 bits per heavy atom. The fourth-order valence-electron chi connectivity index (χ4n) is 1.78. The zero-order chi connectivity index (χ0) is 13.3. The van der Waals surface area contributed by atoms with Crippen LogP contribution in [0.25, 0.3) is 11.1 Å². The van der Waals surface area contributed by atoms with E-state index in [1.165, 1.54) is 24.3 Å². The van der Waals surface area contributed by atoms with E-state index < -0.39 is 17.6 Å². The molecule has 0 atom stereocenters. The van der Waals surface area contributed by atoms with Gasteiger partial charge in [-0.15, -0.1) is 0 Å². The third-order valence-electron chi connectivity index (χ3n) is 2.77. The largest absolute Gasteiger partial charge is 0.416 e. The molecule has 0 aliphatic heterocycles. The molecule has 0 saturated carbocycles. The second-order valence-electron chi connectivity index (χ2n) is 3.99. The summed E-state index contributed by atoms with van der Waals surface area (Å²) in [5.74, 6) is -0.426. The van der Waals surface area contributed by atoms with Gasteiger partial charge in [-0.2, -0.15) is 13.2 Å². The van der Waals surface area contributed by atoms with Gasteiger partial charge in [0.1, 0.15) is 5.82 Å². The second kappa shape index (κ2) is 4.44. The molecule has 0 amide bonds. The van der Waals surface area contributed by atoms with Crippen LogP contribution >= 0.6 is 0 Å². The van der Waals surface area contributed by atoms with Crippen LogP contribution in [0.3, 0.4) is 0 Å². The fourth-order valence-corrected chi connectivity index (χ4v) is 1.78. The Morgan fingerprint density at radius 3 is 2.28 bits per heavy atom. The summed E-state index contributed by atoms with van der Waals surface area (Å²) in [7, 11) is 0. The van der Waals surface area contributed by atoms with Gasteiger partial charge in [-0.05, 0) is 41.8 Å². The number of hydrogen-bond donors (Lipinski definition) is 0. The van der Waals surface area contributed by atoms with E-state index in [1.54, 1.807) is 13.0 Å². The Balaban J connectivity index is 2.55. The topological polar surface area (TPSA) is 0 Å². The van der Waals surface area contributed by atoms with Gasteiger partial charge >= 0.3 is 6.18 Å². The molecule has 2 aromatic carbocycles. The zero-order valence-corrected chi connectivity index (χ0v) is 9.55. The maximum Gasteiger partial charge on any atom is 0.416 e. The molecule has 0 spiro atoms. The highest BCUT2D eigenvalue weighted by Gasteiger charge is 2.30. The summed E-state index contributed by atoms with van der Waals surface area (Å²) in [6.07, 6.45) is -4.39.